The number of phenols is 1. The predicted octanol–water partition coefficient (Wildman–Crippen LogP) is 5.00. The van der Waals surface area contributed by atoms with Crippen molar-refractivity contribution < 1.29 is 29.3 Å². The number of carbonyl (C=O) groups is 2. The SMILES string of the molecule is COc1cc([C@H]2/C(=C(\O)c3ccc(OCc4cccc(C)c4)cc3)C(=O)C(=O)N2CCCn2ccnc2)ccc1O. The van der Waals surface area contributed by atoms with Crippen LogP contribution in [0.2, 0.25) is 0 Å². The molecule has 0 unspecified atom stereocenters. The predicted molar refractivity (Wildman–Crippen MR) is 152 cm³/mol. The number of benzene rings is 3. The van der Waals surface area contributed by atoms with E-state index in [1.54, 1.807) is 48.9 Å². The van der Waals surface area contributed by atoms with Gasteiger partial charge in [0.15, 0.2) is 11.5 Å². The highest BCUT2D eigenvalue weighted by molar-refractivity contribution is 6.46. The Balaban J connectivity index is 1.44. The number of ketones is 1. The number of hydrogen-bond acceptors (Lipinski definition) is 7. The van der Waals surface area contributed by atoms with Crippen LogP contribution in [0, 0.1) is 6.92 Å². The van der Waals surface area contributed by atoms with Gasteiger partial charge in [0.2, 0.25) is 0 Å². The van der Waals surface area contributed by atoms with Crippen LogP contribution in [-0.4, -0.2) is 50.0 Å². The van der Waals surface area contributed by atoms with Gasteiger partial charge in [-0.3, -0.25) is 9.59 Å². The molecule has 1 aliphatic rings. The molecule has 9 heteroatoms. The van der Waals surface area contributed by atoms with Gasteiger partial charge in [-0.1, -0.05) is 35.9 Å². The quantitative estimate of drug-likeness (QED) is 0.161. The van der Waals surface area contributed by atoms with Crippen molar-refractivity contribution in [1.82, 2.24) is 14.5 Å². The number of imidazole rings is 1. The van der Waals surface area contributed by atoms with Gasteiger partial charge in [0.25, 0.3) is 11.7 Å². The highest BCUT2D eigenvalue weighted by Gasteiger charge is 2.46. The summed E-state index contributed by atoms with van der Waals surface area (Å²) in [5, 5.41) is 21.5. The van der Waals surface area contributed by atoms with E-state index in [0.717, 1.165) is 11.1 Å². The molecular weight excluding hydrogens is 522 g/mol. The Labute approximate surface area is 237 Å². The highest BCUT2D eigenvalue weighted by atomic mass is 16.5. The Bertz CT molecular complexity index is 1580. The molecule has 1 saturated heterocycles. The van der Waals surface area contributed by atoms with E-state index in [-0.39, 0.29) is 29.4 Å². The van der Waals surface area contributed by atoms with Crippen LogP contribution in [0.25, 0.3) is 5.76 Å². The normalized spacial score (nSPS) is 16.2. The summed E-state index contributed by atoms with van der Waals surface area (Å²) in [7, 11) is 1.42. The summed E-state index contributed by atoms with van der Waals surface area (Å²) >= 11 is 0. The molecule has 1 atom stereocenters. The van der Waals surface area contributed by atoms with Crippen LogP contribution in [0.1, 0.15) is 34.7 Å². The molecule has 1 fully saturated rings. The molecule has 1 aromatic heterocycles. The van der Waals surface area contributed by atoms with Crippen molar-refractivity contribution in [2.45, 2.75) is 32.5 Å². The lowest BCUT2D eigenvalue weighted by molar-refractivity contribution is -0.139. The second-order valence-electron chi connectivity index (χ2n) is 9.88. The lowest BCUT2D eigenvalue weighted by Gasteiger charge is -2.26. The molecule has 2 N–H and O–H groups in total. The van der Waals surface area contributed by atoms with Crippen LogP contribution in [0.3, 0.4) is 0 Å². The van der Waals surface area contributed by atoms with E-state index in [0.29, 0.717) is 36.4 Å². The molecule has 1 amide bonds. The van der Waals surface area contributed by atoms with Crippen molar-refractivity contribution in [2.24, 2.45) is 0 Å². The molecule has 5 rings (SSSR count). The third kappa shape index (κ3) is 5.94. The van der Waals surface area contributed by atoms with E-state index < -0.39 is 17.7 Å². The van der Waals surface area contributed by atoms with Gasteiger partial charge in [-0.2, -0.15) is 0 Å². The minimum absolute atomic E-state index is 0.0289. The summed E-state index contributed by atoms with van der Waals surface area (Å²) in [5.74, 6) is -1.05. The molecule has 1 aliphatic heterocycles. The average Bonchev–Trinajstić information content (AvgIpc) is 3.59. The fourth-order valence-corrected chi connectivity index (χ4v) is 5.00. The fraction of sp³-hybridized carbons (Fsp3) is 0.219. The Hall–Kier alpha value is -5.05. The summed E-state index contributed by atoms with van der Waals surface area (Å²) in [4.78, 5) is 32.1. The van der Waals surface area contributed by atoms with E-state index in [9.17, 15) is 19.8 Å². The van der Waals surface area contributed by atoms with Gasteiger partial charge in [-0.15, -0.1) is 0 Å². The molecule has 0 saturated carbocycles. The van der Waals surface area contributed by atoms with E-state index in [2.05, 4.69) is 4.98 Å². The van der Waals surface area contributed by atoms with E-state index >= 15 is 0 Å². The van der Waals surface area contributed by atoms with Crippen molar-refractivity contribution >= 4 is 17.4 Å². The molecule has 0 spiro atoms. The molecule has 0 bridgehead atoms. The zero-order valence-corrected chi connectivity index (χ0v) is 22.9. The fourth-order valence-electron chi connectivity index (χ4n) is 5.00. The van der Waals surface area contributed by atoms with Gasteiger partial charge >= 0.3 is 0 Å². The van der Waals surface area contributed by atoms with Crippen LogP contribution in [0.15, 0.2) is 91.0 Å². The van der Waals surface area contributed by atoms with Crippen LogP contribution < -0.4 is 9.47 Å². The first-order chi connectivity index (χ1) is 19.9. The minimum Gasteiger partial charge on any atom is -0.507 e. The molecule has 41 heavy (non-hydrogen) atoms. The number of aliphatic hydroxyl groups excluding tert-OH is 1. The number of carbonyl (C=O) groups excluding carboxylic acids is 2. The number of ether oxygens (including phenoxy) is 2. The maximum Gasteiger partial charge on any atom is 0.295 e. The van der Waals surface area contributed by atoms with Gasteiger partial charge in [-0.05, 0) is 60.9 Å². The maximum absolute atomic E-state index is 13.4. The van der Waals surface area contributed by atoms with Crippen molar-refractivity contribution in [3.05, 3.63) is 113 Å². The number of aromatic hydroxyl groups is 1. The van der Waals surface area contributed by atoms with Gasteiger partial charge < -0.3 is 29.2 Å². The molecule has 0 radical (unpaired) electrons. The largest absolute Gasteiger partial charge is 0.507 e. The van der Waals surface area contributed by atoms with Crippen LogP contribution in [0.5, 0.6) is 17.2 Å². The number of rotatable bonds is 10. The topological polar surface area (TPSA) is 114 Å². The first kappa shape index (κ1) is 27.5. The first-order valence-electron chi connectivity index (χ1n) is 13.3. The number of amides is 1. The lowest BCUT2D eigenvalue weighted by Crippen LogP contribution is -2.31. The summed E-state index contributed by atoms with van der Waals surface area (Å²) in [6.45, 7) is 3.27. The first-order valence-corrected chi connectivity index (χ1v) is 13.3. The summed E-state index contributed by atoms with van der Waals surface area (Å²) in [6, 6.07) is 18.5. The third-order valence-electron chi connectivity index (χ3n) is 7.05. The van der Waals surface area contributed by atoms with E-state index in [1.807, 2.05) is 42.0 Å². The molecule has 9 nitrogen and oxygen atoms in total. The summed E-state index contributed by atoms with van der Waals surface area (Å²) < 4.78 is 13.1. The second kappa shape index (κ2) is 12.0. The highest BCUT2D eigenvalue weighted by Crippen LogP contribution is 2.42. The summed E-state index contributed by atoms with van der Waals surface area (Å²) in [5.41, 5.74) is 3.06. The van der Waals surface area contributed by atoms with Crippen molar-refractivity contribution in [1.29, 1.82) is 0 Å². The van der Waals surface area contributed by atoms with Gasteiger partial charge in [0.05, 0.1) is 25.1 Å². The number of phenolic OH excluding ortho intramolecular Hbond substituents is 1. The standard InChI is InChI=1S/C32H31N3O6/c1-21-5-3-6-22(17-21)19-41-25-10-7-23(8-11-25)30(37)28-29(24-9-12-26(36)27(18-24)40-2)35(32(39)31(28)38)15-4-14-34-16-13-33-20-34/h3,5-13,16-18,20,29,36-37H,4,14-15,19H2,1-2H3/b30-28+/t29-/m0/s1. The third-order valence-corrected chi connectivity index (χ3v) is 7.05. The van der Waals surface area contributed by atoms with Crippen molar-refractivity contribution in [3.8, 4) is 17.2 Å². The molecule has 4 aromatic rings. The van der Waals surface area contributed by atoms with Crippen molar-refractivity contribution in [3.63, 3.8) is 0 Å². The average molecular weight is 554 g/mol. The van der Waals surface area contributed by atoms with Crippen LogP contribution in [0.4, 0.5) is 0 Å². The number of aromatic nitrogens is 2. The zero-order valence-electron chi connectivity index (χ0n) is 22.9. The number of aryl methyl sites for hydroxylation is 2. The monoisotopic (exact) mass is 553 g/mol. The van der Waals surface area contributed by atoms with Gasteiger partial charge in [0.1, 0.15) is 18.1 Å². The Morgan fingerprint density at radius 3 is 2.54 bits per heavy atom. The second-order valence-corrected chi connectivity index (χ2v) is 9.88. The molecule has 2 heterocycles. The van der Waals surface area contributed by atoms with Crippen LogP contribution >= 0.6 is 0 Å². The van der Waals surface area contributed by atoms with E-state index in [1.165, 1.54) is 18.1 Å². The number of likely N-dealkylation sites (tertiary alicyclic amines) is 1. The maximum atomic E-state index is 13.4. The lowest BCUT2D eigenvalue weighted by atomic mass is 9.95. The molecular formula is C32H31N3O6. The molecule has 0 aliphatic carbocycles. The number of nitrogens with zero attached hydrogens (tertiary/aromatic N) is 3. The number of aliphatic hydroxyl groups is 1. The molecule has 3 aromatic carbocycles. The smallest absolute Gasteiger partial charge is 0.295 e. The van der Waals surface area contributed by atoms with Crippen molar-refractivity contribution in [2.75, 3.05) is 13.7 Å². The molecule has 210 valence electrons. The number of Topliss-reactive ketones (excluding diaryl/α,β-unsaturated/α-hetero) is 1. The van der Waals surface area contributed by atoms with E-state index in [4.69, 9.17) is 9.47 Å². The van der Waals surface area contributed by atoms with Gasteiger partial charge in [-0.25, -0.2) is 4.98 Å². The number of methoxy groups -OCH3 is 1. The number of hydrogen-bond donors (Lipinski definition) is 2. The van der Waals surface area contributed by atoms with Gasteiger partial charge in [0, 0.05) is 31.0 Å². The van der Waals surface area contributed by atoms with Crippen LogP contribution in [-0.2, 0) is 22.7 Å². The Morgan fingerprint density at radius 1 is 1.02 bits per heavy atom. The summed E-state index contributed by atoms with van der Waals surface area (Å²) in [6.07, 6.45) is 5.74. The zero-order chi connectivity index (χ0) is 28.9. The Kier molecular flexibility index (Phi) is 8.05. The minimum atomic E-state index is -0.871. The Morgan fingerprint density at radius 2 is 1.83 bits per heavy atom.